The minimum absolute atomic E-state index is 0.0225. The van der Waals surface area contributed by atoms with Gasteiger partial charge in [-0.15, -0.1) is 0 Å². The lowest BCUT2D eigenvalue weighted by atomic mass is 9.82. The fraction of sp³-hybridized carbons (Fsp3) is 0.500. The number of hydrogen-bond acceptors (Lipinski definition) is 1. The Labute approximate surface area is 95.3 Å². The summed E-state index contributed by atoms with van der Waals surface area (Å²) >= 11 is 0. The van der Waals surface area contributed by atoms with E-state index >= 15 is 0 Å². The second-order valence-electron chi connectivity index (χ2n) is 5.07. The second kappa shape index (κ2) is 3.34. The predicted molar refractivity (Wildman–Crippen MR) is 61.2 cm³/mol. The summed E-state index contributed by atoms with van der Waals surface area (Å²) < 4.78 is 0. The molecule has 0 heterocycles. The van der Waals surface area contributed by atoms with Gasteiger partial charge in [0.05, 0.1) is 5.92 Å². The molecule has 0 saturated heterocycles. The first kappa shape index (κ1) is 9.88. The number of fused-ring (bicyclic) bond motifs is 1. The van der Waals surface area contributed by atoms with Crippen molar-refractivity contribution in [3.63, 3.8) is 0 Å². The predicted octanol–water partition coefficient (Wildman–Crippen LogP) is 2.83. The molecular formula is C14H16O2. The van der Waals surface area contributed by atoms with Gasteiger partial charge in [-0.05, 0) is 24.3 Å². The van der Waals surface area contributed by atoms with Crippen LogP contribution in [0.4, 0.5) is 0 Å². The smallest absolute Gasteiger partial charge is 0.307 e. The van der Waals surface area contributed by atoms with Crippen LogP contribution >= 0.6 is 0 Å². The van der Waals surface area contributed by atoms with Gasteiger partial charge in [-0.25, -0.2) is 0 Å². The molecule has 2 heteroatoms. The normalized spacial score (nSPS) is 36.5. The van der Waals surface area contributed by atoms with Crippen molar-refractivity contribution in [2.45, 2.75) is 31.1 Å². The van der Waals surface area contributed by atoms with Crippen LogP contribution in [-0.4, -0.2) is 11.1 Å². The average molecular weight is 216 g/mol. The number of rotatable bonds is 2. The molecule has 1 aromatic rings. The molecule has 16 heavy (non-hydrogen) atoms. The Hall–Kier alpha value is -1.31. The van der Waals surface area contributed by atoms with Gasteiger partial charge in [-0.1, -0.05) is 43.2 Å². The second-order valence-corrected chi connectivity index (χ2v) is 5.07. The summed E-state index contributed by atoms with van der Waals surface area (Å²) in [5.74, 6) is -0.339. The Morgan fingerprint density at radius 1 is 1.25 bits per heavy atom. The molecule has 0 spiro atoms. The number of carboxylic acids is 1. The molecule has 84 valence electrons. The summed E-state index contributed by atoms with van der Waals surface area (Å²) in [4.78, 5) is 11.3. The maximum absolute atomic E-state index is 11.3. The number of carbonyl (C=O) groups is 1. The first-order valence-electron chi connectivity index (χ1n) is 6.05. The Balaban J connectivity index is 2.00. The lowest BCUT2D eigenvalue weighted by Gasteiger charge is -2.22. The summed E-state index contributed by atoms with van der Waals surface area (Å²) in [5.41, 5.74) is 1.22. The summed E-state index contributed by atoms with van der Waals surface area (Å²) in [6, 6.07) is 10.2. The van der Waals surface area contributed by atoms with E-state index in [4.69, 9.17) is 0 Å². The van der Waals surface area contributed by atoms with E-state index in [0.717, 1.165) is 12.8 Å². The molecule has 0 unspecified atom stereocenters. The van der Waals surface area contributed by atoms with Crippen molar-refractivity contribution in [3.8, 4) is 0 Å². The molecule has 0 bridgehead atoms. The van der Waals surface area contributed by atoms with E-state index in [0.29, 0.717) is 5.92 Å². The summed E-state index contributed by atoms with van der Waals surface area (Å²) in [7, 11) is 0. The molecule has 3 atom stereocenters. The van der Waals surface area contributed by atoms with Gasteiger partial charge in [0, 0.05) is 5.41 Å². The summed E-state index contributed by atoms with van der Waals surface area (Å²) in [6.45, 7) is 0. The zero-order chi connectivity index (χ0) is 11.2. The third-order valence-electron chi connectivity index (χ3n) is 4.44. The van der Waals surface area contributed by atoms with Crippen molar-refractivity contribution in [1.82, 2.24) is 0 Å². The summed E-state index contributed by atoms with van der Waals surface area (Å²) in [5, 5.41) is 9.31. The minimum atomic E-state index is -0.601. The van der Waals surface area contributed by atoms with Gasteiger partial charge in [0.2, 0.25) is 0 Å². The van der Waals surface area contributed by atoms with Crippen LogP contribution in [0.15, 0.2) is 30.3 Å². The Kier molecular flexibility index (Phi) is 2.06. The van der Waals surface area contributed by atoms with Crippen LogP contribution < -0.4 is 0 Å². The minimum Gasteiger partial charge on any atom is -0.481 e. The van der Waals surface area contributed by atoms with Gasteiger partial charge in [-0.2, -0.15) is 0 Å². The third kappa shape index (κ3) is 1.16. The monoisotopic (exact) mass is 216 g/mol. The topological polar surface area (TPSA) is 37.3 Å². The molecule has 3 rings (SSSR count). The SMILES string of the molecule is O=C(O)[C@@H]1[C@H]2CCCC[C@@]21c1ccccc1. The van der Waals surface area contributed by atoms with Crippen molar-refractivity contribution in [2.24, 2.45) is 11.8 Å². The van der Waals surface area contributed by atoms with Gasteiger partial charge in [0.25, 0.3) is 0 Å². The van der Waals surface area contributed by atoms with E-state index in [9.17, 15) is 9.90 Å². The zero-order valence-corrected chi connectivity index (χ0v) is 9.23. The molecule has 2 aliphatic rings. The van der Waals surface area contributed by atoms with E-state index in [1.165, 1.54) is 18.4 Å². The van der Waals surface area contributed by atoms with E-state index in [1.807, 2.05) is 18.2 Å². The fourth-order valence-electron chi connectivity index (χ4n) is 3.74. The van der Waals surface area contributed by atoms with Crippen molar-refractivity contribution in [2.75, 3.05) is 0 Å². The molecular weight excluding hydrogens is 200 g/mol. The Morgan fingerprint density at radius 3 is 2.69 bits per heavy atom. The quantitative estimate of drug-likeness (QED) is 0.825. The zero-order valence-electron chi connectivity index (χ0n) is 9.23. The van der Waals surface area contributed by atoms with E-state index in [-0.39, 0.29) is 11.3 Å². The van der Waals surface area contributed by atoms with E-state index in [1.54, 1.807) is 0 Å². The molecule has 0 aliphatic heterocycles. The first-order chi connectivity index (χ1) is 7.77. The molecule has 0 aromatic heterocycles. The van der Waals surface area contributed by atoms with Gasteiger partial charge in [0.1, 0.15) is 0 Å². The van der Waals surface area contributed by atoms with Crippen molar-refractivity contribution in [1.29, 1.82) is 0 Å². The highest BCUT2D eigenvalue weighted by atomic mass is 16.4. The van der Waals surface area contributed by atoms with Crippen LogP contribution in [0.25, 0.3) is 0 Å². The van der Waals surface area contributed by atoms with Crippen LogP contribution in [0, 0.1) is 11.8 Å². The van der Waals surface area contributed by atoms with Crippen molar-refractivity contribution >= 4 is 5.97 Å². The molecule has 2 saturated carbocycles. The van der Waals surface area contributed by atoms with E-state index < -0.39 is 5.97 Å². The number of benzene rings is 1. The van der Waals surface area contributed by atoms with Crippen LogP contribution in [0.2, 0.25) is 0 Å². The van der Waals surface area contributed by atoms with Crippen LogP contribution in [0.1, 0.15) is 31.2 Å². The Bertz CT molecular complexity index is 412. The van der Waals surface area contributed by atoms with E-state index in [2.05, 4.69) is 12.1 Å². The van der Waals surface area contributed by atoms with Crippen LogP contribution in [-0.2, 0) is 10.2 Å². The molecule has 2 nitrogen and oxygen atoms in total. The number of aliphatic carboxylic acids is 1. The lowest BCUT2D eigenvalue weighted by Crippen LogP contribution is -2.17. The highest BCUT2D eigenvalue weighted by Gasteiger charge is 2.68. The standard InChI is InChI=1S/C14H16O2/c15-13(16)12-11-8-4-5-9-14(11,12)10-6-2-1-3-7-10/h1-3,6-7,11-12H,4-5,8-9H2,(H,15,16)/t11-,12+,14-/m1/s1. The lowest BCUT2D eigenvalue weighted by molar-refractivity contribution is -0.139. The highest BCUT2D eigenvalue weighted by Crippen LogP contribution is 2.67. The molecule has 1 N–H and O–H groups in total. The van der Waals surface area contributed by atoms with Crippen LogP contribution in [0.3, 0.4) is 0 Å². The maximum Gasteiger partial charge on any atom is 0.307 e. The molecule has 2 aliphatic carbocycles. The summed E-state index contributed by atoms with van der Waals surface area (Å²) in [6.07, 6.45) is 4.52. The van der Waals surface area contributed by atoms with Gasteiger partial charge >= 0.3 is 5.97 Å². The highest BCUT2D eigenvalue weighted by molar-refractivity contribution is 5.78. The van der Waals surface area contributed by atoms with Gasteiger partial charge in [-0.3, -0.25) is 4.79 Å². The van der Waals surface area contributed by atoms with Crippen LogP contribution in [0.5, 0.6) is 0 Å². The van der Waals surface area contributed by atoms with Crippen molar-refractivity contribution in [3.05, 3.63) is 35.9 Å². The van der Waals surface area contributed by atoms with Gasteiger partial charge in [0.15, 0.2) is 0 Å². The number of hydrogen-bond donors (Lipinski definition) is 1. The molecule has 2 fully saturated rings. The average Bonchev–Trinajstić information content (AvgIpc) is 3.00. The third-order valence-corrected chi connectivity index (χ3v) is 4.44. The first-order valence-corrected chi connectivity index (χ1v) is 6.05. The Morgan fingerprint density at radius 2 is 2.00 bits per heavy atom. The maximum atomic E-state index is 11.3. The number of carboxylic acid groups (broad SMARTS) is 1. The molecule has 0 radical (unpaired) electrons. The van der Waals surface area contributed by atoms with Gasteiger partial charge < -0.3 is 5.11 Å². The molecule has 0 amide bonds. The van der Waals surface area contributed by atoms with Crippen molar-refractivity contribution < 1.29 is 9.90 Å². The largest absolute Gasteiger partial charge is 0.481 e. The molecule has 1 aromatic carbocycles. The fourth-order valence-corrected chi connectivity index (χ4v) is 3.74.